The van der Waals surface area contributed by atoms with Gasteiger partial charge in [0.2, 0.25) is 0 Å². The Hall–Kier alpha value is -1.58. The molecule has 0 heterocycles. The van der Waals surface area contributed by atoms with Crippen molar-refractivity contribution < 1.29 is 19.1 Å². The van der Waals surface area contributed by atoms with Crippen LogP contribution in [0.1, 0.15) is 26.7 Å². The molecule has 0 atom stereocenters. The van der Waals surface area contributed by atoms with Crippen LogP contribution < -0.4 is 0 Å². The minimum Gasteiger partial charge on any atom is -0.466 e. The van der Waals surface area contributed by atoms with Gasteiger partial charge in [0.05, 0.1) is 13.7 Å². The number of carbonyl (C=O) groups excluding carboxylic acids is 2. The Morgan fingerprint density at radius 3 is 2.50 bits per heavy atom. The number of unbranched alkanes of at least 4 members (excludes halogenated alkanes) is 1. The van der Waals surface area contributed by atoms with Crippen LogP contribution in [0.4, 0.5) is 0 Å². The van der Waals surface area contributed by atoms with Crippen molar-refractivity contribution in [3.05, 3.63) is 23.8 Å². The first-order chi connectivity index (χ1) is 7.61. The minimum absolute atomic E-state index is 0.292. The largest absolute Gasteiger partial charge is 0.466 e. The lowest BCUT2D eigenvalue weighted by molar-refractivity contribution is -0.138. The lowest BCUT2D eigenvalue weighted by Gasteiger charge is -2.00. The lowest BCUT2D eigenvalue weighted by Crippen LogP contribution is -2.04. The van der Waals surface area contributed by atoms with E-state index in [-0.39, 0.29) is 11.9 Å². The van der Waals surface area contributed by atoms with E-state index in [9.17, 15) is 9.59 Å². The number of carbonyl (C=O) groups is 2. The van der Waals surface area contributed by atoms with Crippen LogP contribution in [0.15, 0.2) is 23.8 Å². The van der Waals surface area contributed by atoms with E-state index in [2.05, 4.69) is 4.74 Å². The number of hydrogen-bond acceptors (Lipinski definition) is 4. The average Bonchev–Trinajstić information content (AvgIpc) is 2.28. The van der Waals surface area contributed by atoms with Gasteiger partial charge in [-0.15, -0.1) is 0 Å². The van der Waals surface area contributed by atoms with Crippen molar-refractivity contribution in [2.75, 3.05) is 13.7 Å². The van der Waals surface area contributed by atoms with E-state index in [1.807, 2.05) is 0 Å². The van der Waals surface area contributed by atoms with Gasteiger partial charge >= 0.3 is 11.9 Å². The topological polar surface area (TPSA) is 52.6 Å². The summed E-state index contributed by atoms with van der Waals surface area (Å²) in [4.78, 5) is 21.9. The maximum absolute atomic E-state index is 11.2. The maximum Gasteiger partial charge on any atom is 0.333 e. The molecule has 4 heteroatoms. The van der Waals surface area contributed by atoms with Gasteiger partial charge in [-0.1, -0.05) is 12.2 Å². The van der Waals surface area contributed by atoms with Gasteiger partial charge in [0.15, 0.2) is 0 Å². The second kappa shape index (κ2) is 8.71. The van der Waals surface area contributed by atoms with Crippen molar-refractivity contribution in [3.8, 4) is 0 Å². The fourth-order valence-electron chi connectivity index (χ4n) is 0.972. The van der Waals surface area contributed by atoms with Crippen LogP contribution in [-0.2, 0) is 19.1 Å². The van der Waals surface area contributed by atoms with E-state index in [0.29, 0.717) is 25.0 Å². The minimum atomic E-state index is -0.369. The van der Waals surface area contributed by atoms with Crippen molar-refractivity contribution in [3.63, 3.8) is 0 Å². The Bertz CT molecular complexity index is 289. The second-order valence-electron chi connectivity index (χ2n) is 3.11. The highest BCUT2D eigenvalue weighted by Gasteiger charge is 2.02. The smallest absolute Gasteiger partial charge is 0.333 e. The molecule has 0 aliphatic carbocycles. The van der Waals surface area contributed by atoms with E-state index in [4.69, 9.17) is 4.74 Å². The molecule has 0 aromatic rings. The molecule has 90 valence electrons. The summed E-state index contributed by atoms with van der Waals surface area (Å²) in [5.41, 5.74) is 0.591. The molecular formula is C12H18O4. The van der Waals surface area contributed by atoms with Gasteiger partial charge in [-0.3, -0.25) is 0 Å². The van der Waals surface area contributed by atoms with Gasteiger partial charge < -0.3 is 9.47 Å². The number of hydrogen-bond donors (Lipinski definition) is 0. The van der Waals surface area contributed by atoms with Crippen molar-refractivity contribution in [1.29, 1.82) is 0 Å². The molecule has 0 aliphatic heterocycles. The fourth-order valence-corrected chi connectivity index (χ4v) is 0.972. The summed E-state index contributed by atoms with van der Waals surface area (Å²) in [6.45, 7) is 3.86. The summed E-state index contributed by atoms with van der Waals surface area (Å²) >= 11 is 0. The Kier molecular flexibility index (Phi) is 7.85. The summed E-state index contributed by atoms with van der Waals surface area (Å²) in [7, 11) is 1.33. The molecule has 0 unspecified atom stereocenters. The molecule has 4 nitrogen and oxygen atoms in total. The number of allylic oxidation sites excluding steroid dienone is 2. The van der Waals surface area contributed by atoms with Gasteiger partial charge in [0, 0.05) is 11.6 Å². The quantitative estimate of drug-likeness (QED) is 0.395. The molecular weight excluding hydrogens is 208 g/mol. The van der Waals surface area contributed by atoms with Crippen LogP contribution in [0.25, 0.3) is 0 Å². The SMILES string of the molecule is CCOC(=O)/C(C)=C/CC/C=C/C(=O)OC. The molecule has 0 aromatic carbocycles. The molecule has 0 fully saturated rings. The van der Waals surface area contributed by atoms with Crippen molar-refractivity contribution in [1.82, 2.24) is 0 Å². The third-order valence-corrected chi connectivity index (χ3v) is 1.84. The van der Waals surface area contributed by atoms with Crippen LogP contribution in [0.3, 0.4) is 0 Å². The predicted molar refractivity (Wildman–Crippen MR) is 60.8 cm³/mol. The zero-order chi connectivity index (χ0) is 12.4. The summed E-state index contributed by atoms with van der Waals surface area (Å²) in [6.07, 6.45) is 6.25. The molecule has 0 rings (SSSR count). The molecule has 0 saturated carbocycles. The van der Waals surface area contributed by atoms with Crippen molar-refractivity contribution in [2.45, 2.75) is 26.7 Å². The highest BCUT2D eigenvalue weighted by Crippen LogP contribution is 2.01. The number of rotatable bonds is 6. The molecule has 0 aliphatic rings. The standard InChI is InChI=1S/C12H18O4/c1-4-16-12(14)10(2)8-6-5-7-9-11(13)15-3/h7-9H,4-6H2,1-3H3/b9-7+,10-8+. The monoisotopic (exact) mass is 226 g/mol. The number of esters is 2. The number of methoxy groups -OCH3 is 1. The van der Waals surface area contributed by atoms with E-state index in [0.717, 1.165) is 0 Å². The van der Waals surface area contributed by atoms with E-state index >= 15 is 0 Å². The molecule has 0 aromatic heterocycles. The van der Waals surface area contributed by atoms with Gasteiger partial charge in [-0.05, 0) is 26.7 Å². The Morgan fingerprint density at radius 1 is 1.25 bits per heavy atom. The second-order valence-corrected chi connectivity index (χ2v) is 3.11. The van der Waals surface area contributed by atoms with Crippen LogP contribution in [0, 0.1) is 0 Å². The third-order valence-electron chi connectivity index (χ3n) is 1.84. The first-order valence-electron chi connectivity index (χ1n) is 5.20. The first-order valence-corrected chi connectivity index (χ1v) is 5.20. The summed E-state index contributed by atoms with van der Waals surface area (Å²) < 4.78 is 9.25. The average molecular weight is 226 g/mol. The van der Waals surface area contributed by atoms with Crippen LogP contribution in [0.2, 0.25) is 0 Å². The molecule has 0 radical (unpaired) electrons. The molecule has 16 heavy (non-hydrogen) atoms. The van der Waals surface area contributed by atoms with Crippen LogP contribution >= 0.6 is 0 Å². The Morgan fingerprint density at radius 2 is 1.94 bits per heavy atom. The Balaban J connectivity index is 3.87. The fraction of sp³-hybridized carbons (Fsp3) is 0.500. The van der Waals surface area contributed by atoms with Gasteiger partial charge in [-0.2, -0.15) is 0 Å². The maximum atomic E-state index is 11.2. The van der Waals surface area contributed by atoms with Gasteiger partial charge in [-0.25, -0.2) is 9.59 Å². The molecule has 0 bridgehead atoms. The van der Waals surface area contributed by atoms with Crippen LogP contribution in [0.5, 0.6) is 0 Å². The van der Waals surface area contributed by atoms with Crippen LogP contribution in [-0.4, -0.2) is 25.7 Å². The van der Waals surface area contributed by atoms with Crippen molar-refractivity contribution in [2.24, 2.45) is 0 Å². The van der Waals surface area contributed by atoms with Gasteiger partial charge in [0.25, 0.3) is 0 Å². The van der Waals surface area contributed by atoms with E-state index < -0.39 is 0 Å². The molecule has 0 N–H and O–H groups in total. The first kappa shape index (κ1) is 14.4. The summed E-state index contributed by atoms with van der Waals surface area (Å²) in [6, 6.07) is 0. The summed E-state index contributed by atoms with van der Waals surface area (Å²) in [5, 5.41) is 0. The highest BCUT2D eigenvalue weighted by atomic mass is 16.5. The predicted octanol–water partition coefficient (Wildman–Crippen LogP) is 2.01. The molecule has 0 amide bonds. The summed E-state index contributed by atoms with van der Waals surface area (Å²) in [5.74, 6) is -0.662. The van der Waals surface area contributed by atoms with E-state index in [1.165, 1.54) is 13.2 Å². The van der Waals surface area contributed by atoms with Crippen molar-refractivity contribution >= 4 is 11.9 Å². The van der Waals surface area contributed by atoms with E-state index in [1.54, 1.807) is 26.0 Å². The molecule has 0 spiro atoms. The zero-order valence-electron chi connectivity index (χ0n) is 9.99. The zero-order valence-corrected chi connectivity index (χ0v) is 9.99. The normalized spacial score (nSPS) is 11.6. The molecule has 0 saturated heterocycles. The number of ether oxygens (including phenoxy) is 2. The highest BCUT2D eigenvalue weighted by molar-refractivity contribution is 5.87. The lowest BCUT2D eigenvalue weighted by atomic mass is 10.2. The van der Waals surface area contributed by atoms with Gasteiger partial charge in [0.1, 0.15) is 0 Å². The Labute approximate surface area is 95.9 Å². The third kappa shape index (κ3) is 6.81.